The molecule has 1 amide bonds. The third-order valence-electron chi connectivity index (χ3n) is 6.47. The van der Waals surface area contributed by atoms with Crippen molar-refractivity contribution in [1.29, 1.82) is 0 Å². The van der Waals surface area contributed by atoms with Crippen LogP contribution in [0.25, 0.3) is 22.4 Å². The number of rotatable bonds is 6. The second-order valence-electron chi connectivity index (χ2n) is 8.76. The quantitative estimate of drug-likeness (QED) is 0.302. The summed E-state index contributed by atoms with van der Waals surface area (Å²) >= 11 is 12.0. The van der Waals surface area contributed by atoms with E-state index >= 15 is 0 Å². The maximum absolute atomic E-state index is 12.7. The zero-order chi connectivity index (χ0) is 24.5. The van der Waals surface area contributed by atoms with E-state index in [1.54, 1.807) is 36.4 Å². The van der Waals surface area contributed by atoms with Gasteiger partial charge in [0.2, 0.25) is 0 Å². The number of aromatic nitrogens is 2. The molecule has 0 atom stereocenters. The molecule has 0 radical (unpaired) electrons. The van der Waals surface area contributed by atoms with Gasteiger partial charge < -0.3 is 15.0 Å². The number of carbonyl (C=O) groups is 2. The summed E-state index contributed by atoms with van der Waals surface area (Å²) in [6.07, 6.45) is 4.45. The van der Waals surface area contributed by atoms with Crippen LogP contribution in [0.15, 0.2) is 60.7 Å². The summed E-state index contributed by atoms with van der Waals surface area (Å²) in [5.41, 5.74) is 4.08. The molecule has 35 heavy (non-hydrogen) atoms. The fourth-order valence-corrected chi connectivity index (χ4v) is 4.99. The minimum Gasteiger partial charge on any atom is -0.478 e. The molecule has 0 bridgehead atoms. The summed E-state index contributed by atoms with van der Waals surface area (Å²) in [5.74, 6) is -0.379. The Labute approximate surface area is 212 Å². The molecule has 8 heteroatoms. The SMILES string of the molecule is O=C(O)c1ccc2c(c1)nc(-c1ccc(C(=O)NCc3ccc(Cl)c(Cl)c3)cc1)n2C1CCCC1. The van der Waals surface area contributed by atoms with E-state index < -0.39 is 5.97 Å². The number of amides is 1. The van der Waals surface area contributed by atoms with Crippen LogP contribution in [0.3, 0.4) is 0 Å². The summed E-state index contributed by atoms with van der Waals surface area (Å²) in [7, 11) is 0. The van der Waals surface area contributed by atoms with Crippen molar-refractivity contribution in [2.75, 3.05) is 0 Å². The predicted octanol–water partition coefficient (Wildman–Crippen LogP) is 6.75. The highest BCUT2D eigenvalue weighted by molar-refractivity contribution is 6.42. The number of benzene rings is 3. The normalized spacial score (nSPS) is 13.9. The van der Waals surface area contributed by atoms with Gasteiger partial charge in [-0.2, -0.15) is 0 Å². The predicted molar refractivity (Wildman–Crippen MR) is 137 cm³/mol. The monoisotopic (exact) mass is 507 g/mol. The maximum Gasteiger partial charge on any atom is 0.335 e. The van der Waals surface area contributed by atoms with Gasteiger partial charge in [0.25, 0.3) is 5.91 Å². The molecule has 6 nitrogen and oxygen atoms in total. The van der Waals surface area contributed by atoms with Crippen LogP contribution in [-0.2, 0) is 6.54 Å². The van der Waals surface area contributed by atoms with E-state index in [4.69, 9.17) is 28.2 Å². The molecular formula is C27H23Cl2N3O3. The average molecular weight is 508 g/mol. The van der Waals surface area contributed by atoms with Gasteiger partial charge in [-0.3, -0.25) is 4.79 Å². The highest BCUT2D eigenvalue weighted by atomic mass is 35.5. The van der Waals surface area contributed by atoms with Gasteiger partial charge in [-0.25, -0.2) is 9.78 Å². The molecule has 1 aliphatic rings. The number of nitrogens with zero attached hydrogens (tertiary/aromatic N) is 2. The summed E-state index contributed by atoms with van der Waals surface area (Å²) in [5, 5.41) is 13.2. The van der Waals surface area contributed by atoms with Gasteiger partial charge in [0, 0.05) is 23.7 Å². The second-order valence-corrected chi connectivity index (χ2v) is 9.58. The zero-order valence-electron chi connectivity index (χ0n) is 18.8. The van der Waals surface area contributed by atoms with Gasteiger partial charge in [0.15, 0.2) is 0 Å². The number of hydrogen-bond acceptors (Lipinski definition) is 3. The Morgan fingerprint density at radius 2 is 1.66 bits per heavy atom. The van der Waals surface area contributed by atoms with Crippen molar-refractivity contribution in [3.8, 4) is 11.4 Å². The summed E-state index contributed by atoms with van der Waals surface area (Å²) in [6.45, 7) is 0.334. The lowest BCUT2D eigenvalue weighted by atomic mass is 10.1. The maximum atomic E-state index is 12.7. The third-order valence-corrected chi connectivity index (χ3v) is 7.21. The van der Waals surface area contributed by atoms with Crippen LogP contribution in [0, 0.1) is 0 Å². The molecular weight excluding hydrogens is 485 g/mol. The molecule has 2 N–H and O–H groups in total. The second kappa shape index (κ2) is 9.72. The van der Waals surface area contributed by atoms with Crippen LogP contribution in [0.4, 0.5) is 0 Å². The van der Waals surface area contributed by atoms with Crippen molar-refractivity contribution in [2.45, 2.75) is 38.3 Å². The average Bonchev–Trinajstić information content (AvgIpc) is 3.52. The first-order valence-corrected chi connectivity index (χ1v) is 12.2. The Balaban J connectivity index is 1.41. The summed E-state index contributed by atoms with van der Waals surface area (Å²) in [4.78, 5) is 29.0. The molecule has 5 rings (SSSR count). The molecule has 0 aliphatic heterocycles. The van der Waals surface area contributed by atoms with E-state index in [0.717, 1.165) is 48.2 Å². The number of imidazole rings is 1. The van der Waals surface area contributed by atoms with Gasteiger partial charge in [-0.05, 0) is 60.9 Å². The molecule has 4 aromatic rings. The van der Waals surface area contributed by atoms with Crippen molar-refractivity contribution in [1.82, 2.24) is 14.9 Å². The highest BCUT2D eigenvalue weighted by Crippen LogP contribution is 2.37. The minimum atomic E-state index is -0.972. The van der Waals surface area contributed by atoms with E-state index in [1.807, 2.05) is 24.3 Å². The van der Waals surface area contributed by atoms with E-state index in [0.29, 0.717) is 33.7 Å². The first-order valence-electron chi connectivity index (χ1n) is 11.5. The summed E-state index contributed by atoms with van der Waals surface area (Å²) in [6, 6.07) is 18.0. The molecule has 3 aromatic carbocycles. The van der Waals surface area contributed by atoms with Gasteiger partial charge in [0.05, 0.1) is 26.6 Å². The van der Waals surface area contributed by atoms with Gasteiger partial charge in [-0.15, -0.1) is 0 Å². The fourth-order valence-electron chi connectivity index (χ4n) is 4.67. The zero-order valence-corrected chi connectivity index (χ0v) is 20.3. The molecule has 1 aromatic heterocycles. The van der Waals surface area contributed by atoms with Crippen LogP contribution >= 0.6 is 23.2 Å². The first kappa shape index (κ1) is 23.4. The molecule has 0 saturated heterocycles. The Morgan fingerprint density at radius 1 is 0.943 bits per heavy atom. The highest BCUT2D eigenvalue weighted by Gasteiger charge is 2.24. The Kier molecular flexibility index (Phi) is 6.50. The molecule has 1 heterocycles. The summed E-state index contributed by atoms with van der Waals surface area (Å²) < 4.78 is 2.23. The fraction of sp³-hybridized carbons (Fsp3) is 0.222. The molecule has 1 aliphatic carbocycles. The number of fused-ring (bicyclic) bond motifs is 1. The number of carboxylic acid groups (broad SMARTS) is 1. The van der Waals surface area contributed by atoms with Crippen LogP contribution in [-0.4, -0.2) is 26.5 Å². The van der Waals surface area contributed by atoms with E-state index in [1.165, 1.54) is 0 Å². The standard InChI is InChI=1S/C27H23Cl2N3O3/c28-21-11-5-16(13-22(21)29)15-30-26(33)18-8-6-17(7-9-18)25-31-23-14-19(27(34)35)10-12-24(23)32(25)20-3-1-2-4-20/h5-14,20H,1-4,15H2,(H,30,33)(H,34,35). The number of halogens is 2. The largest absolute Gasteiger partial charge is 0.478 e. The molecule has 0 unspecified atom stereocenters. The van der Waals surface area contributed by atoms with Gasteiger partial charge in [-0.1, -0.05) is 54.2 Å². The van der Waals surface area contributed by atoms with Crippen molar-refractivity contribution < 1.29 is 14.7 Å². The van der Waals surface area contributed by atoms with Crippen molar-refractivity contribution in [3.63, 3.8) is 0 Å². The lowest BCUT2D eigenvalue weighted by Gasteiger charge is -2.17. The molecule has 1 saturated carbocycles. The van der Waals surface area contributed by atoms with Crippen LogP contribution in [0.1, 0.15) is 58.0 Å². The number of nitrogens with one attached hydrogen (secondary N) is 1. The Hall–Kier alpha value is -3.35. The van der Waals surface area contributed by atoms with Crippen molar-refractivity contribution in [3.05, 3.63) is 87.4 Å². The Bertz CT molecular complexity index is 1420. The molecule has 1 fully saturated rings. The van der Waals surface area contributed by atoms with Crippen molar-refractivity contribution in [2.24, 2.45) is 0 Å². The molecule has 178 valence electrons. The van der Waals surface area contributed by atoms with Crippen molar-refractivity contribution >= 4 is 46.1 Å². The molecule has 0 spiro atoms. The minimum absolute atomic E-state index is 0.196. The van der Waals surface area contributed by atoms with Crippen LogP contribution in [0.5, 0.6) is 0 Å². The van der Waals surface area contributed by atoms with Crippen LogP contribution in [0.2, 0.25) is 10.0 Å². The number of hydrogen-bond donors (Lipinski definition) is 2. The van der Waals surface area contributed by atoms with E-state index in [-0.39, 0.29) is 11.5 Å². The number of carbonyl (C=O) groups excluding carboxylic acids is 1. The Morgan fingerprint density at radius 3 is 2.34 bits per heavy atom. The smallest absolute Gasteiger partial charge is 0.335 e. The lowest BCUT2D eigenvalue weighted by molar-refractivity contribution is 0.0696. The van der Waals surface area contributed by atoms with E-state index in [2.05, 4.69) is 9.88 Å². The first-order chi connectivity index (χ1) is 16.9. The van der Waals surface area contributed by atoms with Gasteiger partial charge >= 0.3 is 5.97 Å². The van der Waals surface area contributed by atoms with E-state index in [9.17, 15) is 14.7 Å². The third kappa shape index (κ3) is 4.77. The number of carboxylic acids is 1. The topological polar surface area (TPSA) is 84.2 Å². The lowest BCUT2D eigenvalue weighted by Crippen LogP contribution is -2.22. The van der Waals surface area contributed by atoms with Gasteiger partial charge in [0.1, 0.15) is 5.82 Å². The number of aromatic carboxylic acids is 1. The van der Waals surface area contributed by atoms with Crippen LogP contribution < -0.4 is 5.32 Å².